The van der Waals surface area contributed by atoms with Gasteiger partial charge in [0.2, 0.25) is 10.9 Å². The maximum atomic E-state index is 10.3. The second kappa shape index (κ2) is 1.51. The van der Waals surface area contributed by atoms with Crippen LogP contribution in [0.2, 0.25) is 0 Å². The normalized spacial score (nSPS) is 9.78. The summed E-state index contributed by atoms with van der Waals surface area (Å²) in [5.41, 5.74) is 3.05. The van der Waals surface area contributed by atoms with Gasteiger partial charge in [0.15, 0.2) is 0 Å². The zero-order chi connectivity index (χ0) is 7.02. The van der Waals surface area contributed by atoms with Gasteiger partial charge in [0.05, 0.1) is 5.56 Å². The standard InChI is InChI=1S/C5H3NO3/c6-5(9)2-1-3(7)4(2)8/h1H,(H2,6,9). The minimum absolute atomic E-state index is 0.194. The van der Waals surface area contributed by atoms with Gasteiger partial charge in [-0.2, -0.15) is 0 Å². The Labute approximate surface area is 49.6 Å². The van der Waals surface area contributed by atoms with Crippen LogP contribution in [-0.2, 0) is 0 Å². The zero-order valence-electron chi connectivity index (χ0n) is 4.38. The number of hydrogen-bond acceptors (Lipinski definition) is 3. The van der Waals surface area contributed by atoms with E-state index in [0.717, 1.165) is 6.07 Å². The average Bonchev–Trinajstić information content (AvgIpc) is 1.81. The molecule has 1 aromatic rings. The van der Waals surface area contributed by atoms with Crippen molar-refractivity contribution in [3.05, 3.63) is 32.1 Å². The molecule has 0 bridgehead atoms. The van der Waals surface area contributed by atoms with E-state index in [9.17, 15) is 14.4 Å². The van der Waals surface area contributed by atoms with Crippen LogP contribution in [0.5, 0.6) is 0 Å². The topological polar surface area (TPSA) is 77.2 Å². The van der Waals surface area contributed by atoms with Crippen LogP contribution in [0.25, 0.3) is 0 Å². The van der Waals surface area contributed by atoms with Crippen LogP contribution in [0, 0.1) is 0 Å². The van der Waals surface area contributed by atoms with Crippen molar-refractivity contribution in [2.24, 2.45) is 5.73 Å². The molecule has 0 aliphatic heterocycles. The molecular weight excluding hydrogens is 122 g/mol. The molecule has 0 radical (unpaired) electrons. The number of carbonyl (C=O) groups excluding carboxylic acids is 1. The van der Waals surface area contributed by atoms with Crippen LogP contribution < -0.4 is 16.6 Å². The first kappa shape index (κ1) is 5.68. The summed E-state index contributed by atoms with van der Waals surface area (Å²) >= 11 is 0. The van der Waals surface area contributed by atoms with Crippen LogP contribution >= 0.6 is 0 Å². The van der Waals surface area contributed by atoms with Crippen molar-refractivity contribution in [1.29, 1.82) is 0 Å². The summed E-state index contributed by atoms with van der Waals surface area (Å²) in [6.45, 7) is 0. The van der Waals surface area contributed by atoms with E-state index in [1.807, 2.05) is 0 Å². The van der Waals surface area contributed by atoms with Crippen molar-refractivity contribution >= 4 is 5.91 Å². The fourth-order valence-corrected chi connectivity index (χ4v) is 0.500. The Balaban J connectivity index is 3.22. The maximum Gasteiger partial charge on any atom is 0.252 e. The van der Waals surface area contributed by atoms with Crippen molar-refractivity contribution in [2.45, 2.75) is 0 Å². The molecule has 0 aromatic heterocycles. The molecule has 2 N–H and O–H groups in total. The van der Waals surface area contributed by atoms with Gasteiger partial charge in [0, 0.05) is 6.07 Å². The summed E-state index contributed by atoms with van der Waals surface area (Å²) in [5, 5.41) is 0. The predicted octanol–water partition coefficient (Wildman–Crippen LogP) is -1.62. The predicted molar refractivity (Wildman–Crippen MR) is 29.9 cm³/mol. The molecule has 0 saturated heterocycles. The lowest BCUT2D eigenvalue weighted by Crippen LogP contribution is -2.38. The first-order chi connectivity index (χ1) is 4.13. The summed E-state index contributed by atoms with van der Waals surface area (Å²) < 4.78 is 0. The SMILES string of the molecule is NC(=O)c1cc(=O)c1=O. The minimum atomic E-state index is -0.834. The van der Waals surface area contributed by atoms with Gasteiger partial charge in [0.1, 0.15) is 0 Å². The highest BCUT2D eigenvalue weighted by Crippen LogP contribution is 1.81. The molecule has 0 atom stereocenters. The van der Waals surface area contributed by atoms with E-state index in [1.54, 1.807) is 0 Å². The minimum Gasteiger partial charge on any atom is -0.365 e. The molecule has 1 rings (SSSR count). The van der Waals surface area contributed by atoms with Gasteiger partial charge in [-0.15, -0.1) is 0 Å². The number of nitrogens with two attached hydrogens (primary N) is 1. The second-order valence-corrected chi connectivity index (χ2v) is 1.62. The first-order valence-corrected chi connectivity index (χ1v) is 2.23. The van der Waals surface area contributed by atoms with Crippen LogP contribution in [0.3, 0.4) is 0 Å². The lowest BCUT2D eigenvalue weighted by Gasteiger charge is -1.90. The van der Waals surface area contributed by atoms with E-state index < -0.39 is 16.8 Å². The van der Waals surface area contributed by atoms with Crippen LogP contribution in [0.4, 0.5) is 0 Å². The highest BCUT2D eigenvalue weighted by molar-refractivity contribution is 5.93. The van der Waals surface area contributed by atoms with Gasteiger partial charge < -0.3 is 5.73 Å². The number of hydrogen-bond donors (Lipinski definition) is 1. The molecule has 4 nitrogen and oxygen atoms in total. The van der Waals surface area contributed by atoms with Gasteiger partial charge in [-0.3, -0.25) is 14.4 Å². The summed E-state index contributed by atoms with van der Waals surface area (Å²) in [5.74, 6) is -0.834. The molecular formula is C5H3NO3. The molecule has 1 aromatic carbocycles. The Morgan fingerprint density at radius 2 is 2.00 bits per heavy atom. The number of primary amides is 1. The Kier molecular flexibility index (Phi) is 0.955. The van der Waals surface area contributed by atoms with Gasteiger partial charge in [-0.1, -0.05) is 0 Å². The van der Waals surface area contributed by atoms with Crippen LogP contribution in [0.1, 0.15) is 10.4 Å². The Bertz CT molecular complexity index is 318. The molecule has 0 unspecified atom stereocenters. The molecule has 1 amide bonds. The maximum absolute atomic E-state index is 10.3. The van der Waals surface area contributed by atoms with Gasteiger partial charge >= 0.3 is 0 Å². The van der Waals surface area contributed by atoms with Gasteiger partial charge in [0.25, 0.3) is 5.91 Å². The van der Waals surface area contributed by atoms with Crippen LogP contribution in [-0.4, -0.2) is 5.91 Å². The van der Waals surface area contributed by atoms with Crippen molar-refractivity contribution in [3.63, 3.8) is 0 Å². The van der Waals surface area contributed by atoms with Gasteiger partial charge in [-0.05, 0) is 0 Å². The molecule has 0 heterocycles. The molecule has 4 heteroatoms. The average molecular weight is 125 g/mol. The number of carbonyl (C=O) groups is 1. The summed E-state index contributed by atoms with van der Waals surface area (Å²) in [6, 6.07) is 0.935. The molecule has 0 fully saturated rings. The van der Waals surface area contributed by atoms with E-state index >= 15 is 0 Å². The second-order valence-electron chi connectivity index (χ2n) is 1.62. The Morgan fingerprint density at radius 1 is 1.44 bits per heavy atom. The van der Waals surface area contributed by atoms with E-state index in [4.69, 9.17) is 0 Å². The molecule has 46 valence electrons. The largest absolute Gasteiger partial charge is 0.365 e. The summed E-state index contributed by atoms with van der Waals surface area (Å²) in [6.07, 6.45) is 0. The fourth-order valence-electron chi connectivity index (χ4n) is 0.500. The quantitative estimate of drug-likeness (QED) is 0.458. The monoisotopic (exact) mass is 125 g/mol. The smallest absolute Gasteiger partial charge is 0.252 e. The fraction of sp³-hybridized carbons (Fsp3) is 0. The third-order valence-corrected chi connectivity index (χ3v) is 1.01. The van der Waals surface area contributed by atoms with E-state index in [-0.39, 0.29) is 5.56 Å². The Hall–Kier alpha value is -1.45. The highest BCUT2D eigenvalue weighted by atomic mass is 16.2. The summed E-state index contributed by atoms with van der Waals surface area (Å²) in [4.78, 5) is 30.5. The molecule has 0 saturated carbocycles. The zero-order valence-corrected chi connectivity index (χ0v) is 4.38. The van der Waals surface area contributed by atoms with Crippen molar-refractivity contribution in [1.82, 2.24) is 0 Å². The van der Waals surface area contributed by atoms with Crippen LogP contribution in [0.15, 0.2) is 15.7 Å². The lowest BCUT2D eigenvalue weighted by atomic mass is 10.1. The van der Waals surface area contributed by atoms with E-state index in [2.05, 4.69) is 5.73 Å². The third-order valence-electron chi connectivity index (χ3n) is 1.01. The van der Waals surface area contributed by atoms with Crippen molar-refractivity contribution in [2.75, 3.05) is 0 Å². The Morgan fingerprint density at radius 3 is 2.11 bits per heavy atom. The van der Waals surface area contributed by atoms with Crippen molar-refractivity contribution < 1.29 is 4.79 Å². The van der Waals surface area contributed by atoms with E-state index in [0.29, 0.717) is 0 Å². The summed E-state index contributed by atoms with van der Waals surface area (Å²) in [7, 11) is 0. The lowest BCUT2D eigenvalue weighted by molar-refractivity contribution is 0.0998. The van der Waals surface area contributed by atoms with Gasteiger partial charge in [-0.25, -0.2) is 0 Å². The number of amides is 1. The first-order valence-electron chi connectivity index (χ1n) is 2.23. The van der Waals surface area contributed by atoms with Crippen molar-refractivity contribution in [3.8, 4) is 0 Å². The molecule has 0 aliphatic carbocycles. The van der Waals surface area contributed by atoms with E-state index in [1.165, 1.54) is 0 Å². The molecule has 0 aliphatic rings. The molecule has 9 heavy (non-hydrogen) atoms. The molecule has 0 spiro atoms. The third kappa shape index (κ3) is 0.641. The number of rotatable bonds is 1. The highest BCUT2D eigenvalue weighted by Gasteiger charge is 2.13.